The van der Waals surface area contributed by atoms with Crippen LogP contribution in [0.25, 0.3) is 0 Å². The van der Waals surface area contributed by atoms with Crippen molar-refractivity contribution in [3.63, 3.8) is 0 Å². The van der Waals surface area contributed by atoms with Crippen LogP contribution >= 0.6 is 0 Å². The van der Waals surface area contributed by atoms with Crippen LogP contribution in [0, 0.1) is 5.82 Å². The quantitative estimate of drug-likeness (QED) is 0.526. The fourth-order valence-corrected chi connectivity index (χ4v) is 6.00. The number of carbonyl (C=O) groups is 1. The largest absolute Gasteiger partial charge is 0.345 e. The first kappa shape index (κ1) is 24.1. The van der Waals surface area contributed by atoms with Crippen molar-refractivity contribution in [1.29, 1.82) is 0 Å². The van der Waals surface area contributed by atoms with Gasteiger partial charge in [0.15, 0.2) is 0 Å². The lowest BCUT2D eigenvalue weighted by Crippen LogP contribution is -2.33. The number of fused-ring (bicyclic) bond motifs is 1. The third-order valence-corrected chi connectivity index (χ3v) is 8.32. The van der Waals surface area contributed by atoms with Crippen LogP contribution in [-0.2, 0) is 23.0 Å². The molecule has 0 radical (unpaired) electrons. The first-order valence-electron chi connectivity index (χ1n) is 11.5. The predicted molar refractivity (Wildman–Crippen MR) is 127 cm³/mol. The zero-order valence-electron chi connectivity index (χ0n) is 19.4. The van der Waals surface area contributed by atoms with E-state index in [4.69, 9.17) is 0 Å². The summed E-state index contributed by atoms with van der Waals surface area (Å²) in [6.07, 6.45) is 4.31. The molecular weight excluding hydrogens is 455 g/mol. The summed E-state index contributed by atoms with van der Waals surface area (Å²) in [6.45, 7) is 4.46. The number of rotatable bonds is 8. The van der Waals surface area contributed by atoms with Gasteiger partial charge in [0.25, 0.3) is 5.91 Å². The first-order chi connectivity index (χ1) is 16.3. The molecule has 1 aromatic heterocycles. The van der Waals surface area contributed by atoms with Crippen LogP contribution in [0.4, 0.5) is 4.39 Å². The third-order valence-electron chi connectivity index (χ3n) is 6.26. The number of sulfonamides is 1. The molecule has 0 aliphatic heterocycles. The molecule has 0 spiro atoms. The van der Waals surface area contributed by atoms with Crippen molar-refractivity contribution in [3.8, 4) is 0 Å². The molecule has 0 saturated heterocycles. The van der Waals surface area contributed by atoms with Gasteiger partial charge < -0.3 is 5.32 Å². The number of halogens is 1. The second-order valence-corrected chi connectivity index (χ2v) is 10.2. The Bertz CT molecular complexity index is 1270. The Morgan fingerprint density at radius 3 is 2.62 bits per heavy atom. The van der Waals surface area contributed by atoms with Gasteiger partial charge in [0, 0.05) is 29.9 Å². The second kappa shape index (κ2) is 10.1. The second-order valence-electron chi connectivity index (χ2n) is 8.34. The molecule has 4 rings (SSSR count). The van der Waals surface area contributed by atoms with Gasteiger partial charge in [-0.3, -0.25) is 9.48 Å². The molecule has 0 saturated carbocycles. The number of nitrogens with zero attached hydrogens (tertiary/aromatic N) is 3. The highest BCUT2D eigenvalue weighted by atomic mass is 32.2. The molecule has 1 unspecified atom stereocenters. The van der Waals surface area contributed by atoms with Gasteiger partial charge >= 0.3 is 0 Å². The maximum atomic E-state index is 14.5. The zero-order chi connectivity index (χ0) is 24.3. The van der Waals surface area contributed by atoms with Crippen molar-refractivity contribution >= 4 is 15.9 Å². The van der Waals surface area contributed by atoms with Crippen LogP contribution in [-0.4, -0.2) is 41.5 Å². The van der Waals surface area contributed by atoms with E-state index in [1.54, 1.807) is 20.0 Å². The monoisotopic (exact) mass is 484 g/mol. The summed E-state index contributed by atoms with van der Waals surface area (Å²) < 4.78 is 43.3. The molecule has 0 fully saturated rings. The topological polar surface area (TPSA) is 84.3 Å². The lowest BCUT2D eigenvalue weighted by Gasteiger charge is -2.24. The maximum absolute atomic E-state index is 14.5. The Kier molecular flexibility index (Phi) is 7.13. The van der Waals surface area contributed by atoms with Crippen LogP contribution in [0.2, 0.25) is 0 Å². The fraction of sp³-hybridized carbons (Fsp3) is 0.360. The molecular formula is C25H29FN4O3S. The molecule has 3 aromatic rings. The van der Waals surface area contributed by atoms with Crippen molar-refractivity contribution in [2.24, 2.45) is 0 Å². The van der Waals surface area contributed by atoms with Crippen LogP contribution in [0.1, 0.15) is 59.9 Å². The SMILES string of the molecule is CCN(CC)S(=O)(=O)c1cc(C(=O)NC2CCCc3c2cnn3Cc2ccccc2)ccc1F. The number of benzene rings is 2. The minimum atomic E-state index is -4.03. The Labute approximate surface area is 199 Å². The smallest absolute Gasteiger partial charge is 0.251 e. The highest BCUT2D eigenvalue weighted by Crippen LogP contribution is 2.30. The van der Waals surface area contributed by atoms with Gasteiger partial charge in [-0.15, -0.1) is 0 Å². The molecule has 7 nitrogen and oxygen atoms in total. The van der Waals surface area contributed by atoms with Crippen LogP contribution in [0.15, 0.2) is 59.6 Å². The molecule has 2 aromatic carbocycles. The number of hydrogen-bond acceptors (Lipinski definition) is 4. The van der Waals surface area contributed by atoms with E-state index in [1.165, 1.54) is 10.4 Å². The Hall–Kier alpha value is -3.04. The normalized spacial score (nSPS) is 15.8. The highest BCUT2D eigenvalue weighted by molar-refractivity contribution is 7.89. The average molecular weight is 485 g/mol. The van der Waals surface area contributed by atoms with Crippen LogP contribution in [0.5, 0.6) is 0 Å². The van der Waals surface area contributed by atoms with E-state index in [0.29, 0.717) is 6.54 Å². The van der Waals surface area contributed by atoms with E-state index in [1.807, 2.05) is 22.9 Å². The molecule has 9 heteroatoms. The van der Waals surface area contributed by atoms with E-state index in [-0.39, 0.29) is 24.7 Å². The Balaban J connectivity index is 1.56. The summed E-state index contributed by atoms with van der Waals surface area (Å²) in [5.41, 5.74) is 3.31. The van der Waals surface area contributed by atoms with E-state index in [2.05, 4.69) is 22.5 Å². The average Bonchev–Trinajstić information content (AvgIpc) is 3.24. The summed E-state index contributed by atoms with van der Waals surface area (Å²) in [6, 6.07) is 13.3. The van der Waals surface area contributed by atoms with Gasteiger partial charge in [0.1, 0.15) is 10.7 Å². The van der Waals surface area contributed by atoms with E-state index >= 15 is 0 Å². The molecule has 34 heavy (non-hydrogen) atoms. The molecule has 180 valence electrons. The molecule has 1 N–H and O–H groups in total. The molecule has 1 aliphatic rings. The van der Waals surface area contributed by atoms with E-state index in [9.17, 15) is 17.6 Å². The van der Waals surface area contributed by atoms with E-state index in [0.717, 1.165) is 48.2 Å². The molecule has 0 bridgehead atoms. The summed E-state index contributed by atoms with van der Waals surface area (Å²) in [4.78, 5) is 12.6. The van der Waals surface area contributed by atoms with Gasteiger partial charge in [-0.25, -0.2) is 12.8 Å². The highest BCUT2D eigenvalue weighted by Gasteiger charge is 2.29. The molecule has 1 heterocycles. The molecule has 1 atom stereocenters. The number of nitrogens with one attached hydrogen (secondary N) is 1. The zero-order valence-corrected chi connectivity index (χ0v) is 20.2. The lowest BCUT2D eigenvalue weighted by molar-refractivity contribution is 0.0932. The van der Waals surface area contributed by atoms with Gasteiger partial charge in [0.05, 0.1) is 18.8 Å². The summed E-state index contributed by atoms with van der Waals surface area (Å²) in [5, 5.41) is 7.55. The summed E-state index contributed by atoms with van der Waals surface area (Å²) in [5.74, 6) is -1.31. The number of hydrogen-bond donors (Lipinski definition) is 1. The standard InChI is InChI=1S/C25H29FN4O3S/c1-3-29(4-2)34(32,33)24-15-19(13-14-21(24)26)25(31)28-22-11-8-12-23-20(22)16-27-30(23)17-18-9-6-5-7-10-18/h5-7,9-10,13-16,22H,3-4,8,11-12,17H2,1-2H3,(H,28,31). The van der Waals surface area contributed by atoms with Crippen molar-refractivity contribution in [3.05, 3.63) is 82.9 Å². The summed E-state index contributed by atoms with van der Waals surface area (Å²) in [7, 11) is -4.03. The number of aromatic nitrogens is 2. The number of carbonyl (C=O) groups excluding carboxylic acids is 1. The lowest BCUT2D eigenvalue weighted by atomic mass is 9.92. The summed E-state index contributed by atoms with van der Waals surface area (Å²) >= 11 is 0. The third kappa shape index (κ3) is 4.76. The first-order valence-corrected chi connectivity index (χ1v) is 13.0. The van der Waals surface area contributed by atoms with Gasteiger partial charge in [-0.05, 0) is 43.0 Å². The van der Waals surface area contributed by atoms with Crippen LogP contribution < -0.4 is 5.32 Å². The van der Waals surface area contributed by atoms with Crippen LogP contribution in [0.3, 0.4) is 0 Å². The molecule has 1 amide bonds. The maximum Gasteiger partial charge on any atom is 0.251 e. The van der Waals surface area contributed by atoms with E-state index < -0.39 is 26.6 Å². The van der Waals surface area contributed by atoms with Gasteiger partial charge in [-0.2, -0.15) is 9.40 Å². The van der Waals surface area contributed by atoms with Crippen molar-refractivity contribution in [2.45, 2.75) is 50.6 Å². The predicted octanol–water partition coefficient (Wildman–Crippen LogP) is 3.91. The number of amides is 1. The van der Waals surface area contributed by atoms with Crippen molar-refractivity contribution < 1.29 is 17.6 Å². The fourth-order valence-electron chi connectivity index (χ4n) is 4.45. The van der Waals surface area contributed by atoms with Crippen molar-refractivity contribution in [2.75, 3.05) is 13.1 Å². The van der Waals surface area contributed by atoms with Crippen molar-refractivity contribution in [1.82, 2.24) is 19.4 Å². The van der Waals surface area contributed by atoms with Gasteiger partial charge in [0.2, 0.25) is 10.0 Å². The minimum Gasteiger partial charge on any atom is -0.345 e. The Morgan fingerprint density at radius 1 is 1.18 bits per heavy atom. The van der Waals surface area contributed by atoms with Gasteiger partial charge in [-0.1, -0.05) is 44.2 Å². The minimum absolute atomic E-state index is 0.107. The molecule has 1 aliphatic carbocycles. The Morgan fingerprint density at radius 2 is 1.91 bits per heavy atom.